The quantitative estimate of drug-likeness (QED) is 0.245. The first-order valence-corrected chi connectivity index (χ1v) is 14.3. The van der Waals surface area contributed by atoms with Gasteiger partial charge >= 0.3 is 10.1 Å². The van der Waals surface area contributed by atoms with E-state index in [9.17, 15) is 8.42 Å². The molecule has 0 N–H and O–H groups in total. The fourth-order valence-corrected chi connectivity index (χ4v) is 5.88. The number of unbranched alkanes of at least 4 members (excludes halogenated alkanes) is 9. The Morgan fingerprint density at radius 3 is 2.19 bits per heavy atom. The number of aryl methyl sites for hydroxylation is 1. The summed E-state index contributed by atoms with van der Waals surface area (Å²) in [5.41, 5.74) is 0.895. The monoisotopic (exact) mass is 451 g/mol. The second-order valence-corrected chi connectivity index (χ2v) is 10.6. The molecule has 0 spiro atoms. The third kappa shape index (κ3) is 9.63. The van der Waals surface area contributed by atoms with Gasteiger partial charge in [-0.3, -0.25) is 0 Å². The summed E-state index contributed by atoms with van der Waals surface area (Å²) in [7, 11) is -3.78. The number of piperidine rings is 1. The number of hydroxylamine groups is 2. The van der Waals surface area contributed by atoms with Crippen LogP contribution in [0.25, 0.3) is 0 Å². The molecule has 5 heteroatoms. The first-order chi connectivity index (χ1) is 15.1. The van der Waals surface area contributed by atoms with Gasteiger partial charge < -0.3 is 0 Å². The van der Waals surface area contributed by atoms with Gasteiger partial charge in [-0.25, -0.2) is 0 Å². The Balaban J connectivity index is 1.81. The molecule has 1 aromatic rings. The van der Waals surface area contributed by atoms with E-state index in [0.717, 1.165) is 56.9 Å². The molecule has 0 bridgehead atoms. The van der Waals surface area contributed by atoms with Gasteiger partial charge in [0, 0.05) is 12.6 Å². The average Bonchev–Trinajstić information content (AvgIpc) is 2.76. The molecule has 0 aliphatic carbocycles. The summed E-state index contributed by atoms with van der Waals surface area (Å²) < 4.78 is 31.9. The molecule has 1 unspecified atom stereocenters. The van der Waals surface area contributed by atoms with Crippen LogP contribution in [0.2, 0.25) is 0 Å². The zero-order valence-electron chi connectivity index (χ0n) is 20.0. The third-order valence-corrected chi connectivity index (χ3v) is 7.76. The maximum absolute atomic E-state index is 13.1. The maximum Gasteiger partial charge on any atom is 0.313 e. The minimum atomic E-state index is -3.78. The van der Waals surface area contributed by atoms with Crippen molar-refractivity contribution < 1.29 is 12.7 Å². The molecule has 1 fully saturated rings. The van der Waals surface area contributed by atoms with E-state index in [1.807, 2.05) is 12.1 Å². The van der Waals surface area contributed by atoms with E-state index in [2.05, 4.69) is 13.8 Å². The summed E-state index contributed by atoms with van der Waals surface area (Å²) in [5, 5.41) is 1.74. The van der Waals surface area contributed by atoms with Crippen molar-refractivity contribution in [3.63, 3.8) is 0 Å². The van der Waals surface area contributed by atoms with Gasteiger partial charge in [0.05, 0.1) is 4.90 Å². The lowest BCUT2D eigenvalue weighted by Gasteiger charge is -2.33. The highest BCUT2D eigenvalue weighted by atomic mass is 32.2. The van der Waals surface area contributed by atoms with Gasteiger partial charge in [0.25, 0.3) is 0 Å². The van der Waals surface area contributed by atoms with Crippen LogP contribution in [0.15, 0.2) is 29.2 Å². The fourth-order valence-electron chi connectivity index (χ4n) is 4.62. The predicted molar refractivity (Wildman–Crippen MR) is 130 cm³/mol. The smallest absolute Gasteiger partial charge is 0.192 e. The van der Waals surface area contributed by atoms with E-state index in [1.54, 1.807) is 17.2 Å². The van der Waals surface area contributed by atoms with Gasteiger partial charge in [-0.15, -0.1) is 0 Å². The Labute approximate surface area is 191 Å². The van der Waals surface area contributed by atoms with Crippen molar-refractivity contribution in [1.29, 1.82) is 0 Å². The zero-order chi connectivity index (χ0) is 22.4. The van der Waals surface area contributed by atoms with E-state index in [-0.39, 0.29) is 6.04 Å². The molecule has 0 radical (unpaired) electrons. The minimum absolute atomic E-state index is 0.211. The Morgan fingerprint density at radius 2 is 1.52 bits per heavy atom. The highest BCUT2D eigenvalue weighted by molar-refractivity contribution is 7.86. The number of nitrogens with zero attached hydrogens (tertiary/aromatic N) is 1. The topological polar surface area (TPSA) is 46.6 Å². The molecule has 31 heavy (non-hydrogen) atoms. The van der Waals surface area contributed by atoms with Crippen molar-refractivity contribution in [3.05, 3.63) is 29.8 Å². The zero-order valence-corrected chi connectivity index (χ0v) is 20.8. The highest BCUT2D eigenvalue weighted by Gasteiger charge is 2.29. The lowest BCUT2D eigenvalue weighted by atomic mass is 10.0. The summed E-state index contributed by atoms with van der Waals surface area (Å²) >= 11 is 0. The Bertz CT molecular complexity index is 702. The van der Waals surface area contributed by atoms with E-state index >= 15 is 0 Å². The van der Waals surface area contributed by atoms with E-state index in [4.69, 9.17) is 4.28 Å². The molecule has 1 saturated heterocycles. The van der Waals surface area contributed by atoms with Gasteiger partial charge in [-0.05, 0) is 43.7 Å². The van der Waals surface area contributed by atoms with E-state index in [1.165, 1.54) is 51.4 Å². The van der Waals surface area contributed by atoms with Crippen LogP contribution in [0, 0.1) is 0 Å². The predicted octanol–water partition coefficient (Wildman–Crippen LogP) is 7.42. The molecule has 1 heterocycles. The molecule has 2 rings (SSSR count). The van der Waals surface area contributed by atoms with Crippen LogP contribution in [-0.2, 0) is 20.8 Å². The SMILES string of the molecule is CCCCCCCCCCCCc1ccccc1S(=O)(=O)ON1CCCCC1CCC. The largest absolute Gasteiger partial charge is 0.313 e. The number of rotatable bonds is 16. The van der Waals surface area contributed by atoms with Gasteiger partial charge in [0.1, 0.15) is 0 Å². The summed E-state index contributed by atoms with van der Waals surface area (Å²) in [4.78, 5) is 0.353. The molecule has 1 aliphatic heterocycles. The van der Waals surface area contributed by atoms with Crippen LogP contribution < -0.4 is 0 Å². The van der Waals surface area contributed by atoms with Crippen LogP contribution in [0.3, 0.4) is 0 Å². The molecule has 0 saturated carbocycles. The number of hydrogen-bond acceptors (Lipinski definition) is 4. The summed E-state index contributed by atoms with van der Waals surface area (Å²) in [5.74, 6) is 0. The molecule has 1 aliphatic rings. The Hall–Kier alpha value is -0.910. The van der Waals surface area contributed by atoms with Crippen molar-refractivity contribution in [2.75, 3.05) is 6.54 Å². The van der Waals surface area contributed by atoms with Gasteiger partial charge in [0.15, 0.2) is 0 Å². The standard InChI is InChI=1S/C26H45NO3S/c1-3-5-6-7-8-9-10-11-12-13-19-24-20-14-15-22-26(24)31(28,29)30-27-23-17-16-21-25(27)18-4-2/h14-15,20,22,25H,3-13,16-19,21,23H2,1-2H3. The summed E-state index contributed by atoms with van der Waals surface area (Å²) in [6.07, 6.45) is 18.8. The summed E-state index contributed by atoms with van der Waals surface area (Å²) in [6, 6.07) is 7.61. The average molecular weight is 452 g/mol. The molecular weight excluding hydrogens is 406 g/mol. The van der Waals surface area contributed by atoms with Gasteiger partial charge in [-0.2, -0.15) is 17.8 Å². The first-order valence-electron chi connectivity index (χ1n) is 12.9. The van der Waals surface area contributed by atoms with E-state index < -0.39 is 10.1 Å². The molecule has 4 nitrogen and oxygen atoms in total. The third-order valence-electron chi connectivity index (χ3n) is 6.43. The van der Waals surface area contributed by atoms with Crippen molar-refractivity contribution >= 4 is 10.1 Å². The van der Waals surface area contributed by atoms with Crippen LogP contribution >= 0.6 is 0 Å². The lowest BCUT2D eigenvalue weighted by Crippen LogP contribution is -2.41. The minimum Gasteiger partial charge on any atom is -0.192 e. The molecule has 0 amide bonds. The van der Waals surface area contributed by atoms with Crippen LogP contribution in [0.4, 0.5) is 0 Å². The lowest BCUT2D eigenvalue weighted by molar-refractivity contribution is -0.109. The van der Waals surface area contributed by atoms with Crippen molar-refractivity contribution in [2.45, 2.75) is 128 Å². The van der Waals surface area contributed by atoms with E-state index in [0.29, 0.717) is 11.4 Å². The van der Waals surface area contributed by atoms with Crippen molar-refractivity contribution in [2.24, 2.45) is 0 Å². The van der Waals surface area contributed by atoms with Crippen molar-refractivity contribution in [3.8, 4) is 0 Å². The first kappa shape index (κ1) is 26.3. The second-order valence-electron chi connectivity index (χ2n) is 9.15. The van der Waals surface area contributed by atoms with Crippen LogP contribution in [-0.4, -0.2) is 26.1 Å². The van der Waals surface area contributed by atoms with Gasteiger partial charge in [0.2, 0.25) is 0 Å². The number of hydrogen-bond donors (Lipinski definition) is 0. The molecular formula is C26H45NO3S. The van der Waals surface area contributed by atoms with Crippen LogP contribution in [0.5, 0.6) is 0 Å². The highest BCUT2D eigenvalue weighted by Crippen LogP contribution is 2.26. The fraction of sp³-hybridized carbons (Fsp3) is 0.769. The molecule has 1 aromatic carbocycles. The molecule has 1 atom stereocenters. The number of benzene rings is 1. The Kier molecular flexibility index (Phi) is 12.8. The molecule has 0 aromatic heterocycles. The van der Waals surface area contributed by atoms with Gasteiger partial charge in [-0.1, -0.05) is 103 Å². The normalized spacial score (nSPS) is 17.8. The van der Waals surface area contributed by atoms with Crippen molar-refractivity contribution in [1.82, 2.24) is 5.06 Å². The Morgan fingerprint density at radius 1 is 0.871 bits per heavy atom. The maximum atomic E-state index is 13.1. The second kappa shape index (κ2) is 15.0. The van der Waals surface area contributed by atoms with Crippen LogP contribution in [0.1, 0.15) is 116 Å². The molecule has 178 valence electrons. The summed E-state index contributed by atoms with van der Waals surface area (Å²) in [6.45, 7) is 5.10.